The van der Waals surface area contributed by atoms with E-state index in [-0.39, 0.29) is 29.1 Å². The lowest BCUT2D eigenvalue weighted by atomic mass is 9.90. The van der Waals surface area contributed by atoms with Crippen LogP contribution in [-0.4, -0.2) is 76.2 Å². The first-order chi connectivity index (χ1) is 20.0. The Morgan fingerprint density at radius 1 is 1.33 bits per heavy atom. The summed E-state index contributed by atoms with van der Waals surface area (Å²) < 4.78 is 13.6. The third-order valence-corrected chi connectivity index (χ3v) is 7.84. The Morgan fingerprint density at radius 2 is 2.07 bits per heavy atom. The number of imidazole rings is 1. The lowest BCUT2D eigenvalue weighted by Gasteiger charge is -2.32. The zero-order valence-corrected chi connectivity index (χ0v) is 24.5. The lowest BCUT2D eigenvalue weighted by molar-refractivity contribution is -0.179. The van der Waals surface area contributed by atoms with Gasteiger partial charge in [0, 0.05) is 17.8 Å². The molecule has 4 heterocycles. The number of carboxylic acid groups (broad SMARTS) is 1. The summed E-state index contributed by atoms with van der Waals surface area (Å²) in [5.41, 5.74) is -0.209. The Bertz CT molecular complexity index is 1620. The van der Waals surface area contributed by atoms with Gasteiger partial charge in [-0.25, -0.2) is 14.8 Å². The zero-order valence-electron chi connectivity index (χ0n) is 22.9. The number of hydrogen-bond acceptors (Lipinski definition) is 11. The van der Waals surface area contributed by atoms with Crippen molar-refractivity contribution in [1.29, 1.82) is 0 Å². The summed E-state index contributed by atoms with van der Waals surface area (Å²) in [6, 6.07) is 7.37. The number of halogens is 1. The molecular formula is C28H29ClN6O6S. The molecule has 0 radical (unpaired) electrons. The van der Waals surface area contributed by atoms with Crippen molar-refractivity contribution in [2.24, 2.45) is 0 Å². The van der Waals surface area contributed by atoms with Crippen LogP contribution in [0.2, 0.25) is 5.28 Å². The molecule has 220 valence electrons. The lowest BCUT2D eigenvalue weighted by Crippen LogP contribution is -2.50. The normalized spacial score (nSPS) is 23.6. The van der Waals surface area contributed by atoms with Gasteiger partial charge in [-0.2, -0.15) is 9.97 Å². The summed E-state index contributed by atoms with van der Waals surface area (Å²) in [5, 5.41) is 37.8. The minimum absolute atomic E-state index is 0.0119. The van der Waals surface area contributed by atoms with Crippen LogP contribution in [0.3, 0.4) is 0 Å². The highest BCUT2D eigenvalue weighted by atomic mass is 35.5. The minimum Gasteiger partial charge on any atom is -0.479 e. The number of rotatable bonds is 10. The van der Waals surface area contributed by atoms with Crippen molar-refractivity contribution in [3.05, 3.63) is 63.6 Å². The number of aliphatic carboxylic acids is 1. The number of aryl methyl sites for hydroxylation is 1. The number of benzene rings is 1. The summed E-state index contributed by atoms with van der Waals surface area (Å²) in [6.45, 7) is 5.27. The number of hydrogen-bond donors (Lipinski definition) is 4. The molecule has 0 amide bonds. The predicted octanol–water partition coefficient (Wildman–Crippen LogP) is 2.93. The van der Waals surface area contributed by atoms with Crippen LogP contribution in [0, 0.1) is 19.3 Å². The van der Waals surface area contributed by atoms with Crippen LogP contribution in [0.5, 0.6) is 0 Å². The van der Waals surface area contributed by atoms with E-state index in [0.717, 1.165) is 5.56 Å². The number of nitrogens with one attached hydrogen (secondary N) is 1. The second kappa shape index (κ2) is 11.6. The van der Waals surface area contributed by atoms with Gasteiger partial charge in [0.1, 0.15) is 12.2 Å². The molecule has 1 unspecified atom stereocenters. The smallest absolute Gasteiger partial charge is 0.342 e. The van der Waals surface area contributed by atoms with Crippen LogP contribution in [-0.2, 0) is 26.3 Å². The van der Waals surface area contributed by atoms with Crippen molar-refractivity contribution in [1.82, 2.24) is 24.5 Å². The van der Waals surface area contributed by atoms with E-state index in [9.17, 15) is 20.1 Å². The van der Waals surface area contributed by atoms with Crippen LogP contribution >= 0.6 is 22.9 Å². The molecule has 5 rings (SSSR count). The van der Waals surface area contributed by atoms with E-state index in [1.54, 1.807) is 5.38 Å². The molecule has 1 saturated heterocycles. The second-order valence-corrected chi connectivity index (χ2v) is 11.4. The maximum Gasteiger partial charge on any atom is 0.342 e. The predicted molar refractivity (Wildman–Crippen MR) is 155 cm³/mol. The molecule has 0 spiro atoms. The van der Waals surface area contributed by atoms with E-state index < -0.39 is 42.2 Å². The molecule has 1 aromatic carbocycles. The van der Waals surface area contributed by atoms with Crippen LogP contribution in [0.15, 0.2) is 41.5 Å². The van der Waals surface area contributed by atoms with Crippen LogP contribution in [0.4, 0.5) is 5.82 Å². The molecule has 0 bridgehead atoms. The van der Waals surface area contributed by atoms with Gasteiger partial charge in [-0.05, 0) is 37.9 Å². The average molecular weight is 613 g/mol. The first kappa shape index (κ1) is 29.8. The Kier molecular flexibility index (Phi) is 8.21. The van der Waals surface area contributed by atoms with Gasteiger partial charge in [-0.3, -0.25) is 4.57 Å². The fourth-order valence-corrected chi connectivity index (χ4v) is 5.63. The number of aliphatic hydroxyl groups excluding tert-OH is 1. The first-order valence-corrected chi connectivity index (χ1v) is 14.3. The maximum atomic E-state index is 12.8. The van der Waals surface area contributed by atoms with Gasteiger partial charge in [0.2, 0.25) is 10.9 Å². The molecular weight excluding hydrogens is 584 g/mol. The van der Waals surface area contributed by atoms with Crippen molar-refractivity contribution in [3.8, 4) is 12.3 Å². The molecule has 3 aromatic heterocycles. The summed E-state index contributed by atoms with van der Waals surface area (Å²) in [5.74, 6) is 1.31. The quantitative estimate of drug-likeness (QED) is 0.154. The largest absolute Gasteiger partial charge is 0.479 e. The van der Waals surface area contributed by atoms with E-state index in [1.807, 2.05) is 45.0 Å². The number of aromatic nitrogens is 5. The number of terminal acetylenes is 1. The van der Waals surface area contributed by atoms with E-state index in [0.29, 0.717) is 16.9 Å². The molecule has 12 nitrogen and oxygen atoms in total. The van der Waals surface area contributed by atoms with E-state index in [2.05, 4.69) is 31.2 Å². The SMILES string of the molecule is C#C[C@@]1(O)[C@@H](COC(Cc2ccc(C)cc2)(C(=O)O)c2cscn2)O[C@@H](n2cnc3c(NC(C)C)nc(Cl)nc32)[C@@H]1O. The molecule has 42 heavy (non-hydrogen) atoms. The van der Waals surface area contributed by atoms with Crippen molar-refractivity contribution in [3.63, 3.8) is 0 Å². The van der Waals surface area contributed by atoms with Gasteiger partial charge in [0.15, 0.2) is 28.8 Å². The molecule has 5 atom stereocenters. The second-order valence-electron chi connectivity index (χ2n) is 10.4. The Hall–Kier alpha value is -3.64. The van der Waals surface area contributed by atoms with E-state index >= 15 is 0 Å². The topological polar surface area (TPSA) is 165 Å². The van der Waals surface area contributed by atoms with Gasteiger partial charge < -0.3 is 30.1 Å². The average Bonchev–Trinajstić information content (AvgIpc) is 3.68. The van der Waals surface area contributed by atoms with Crippen molar-refractivity contribution < 1.29 is 29.6 Å². The highest BCUT2D eigenvalue weighted by Crippen LogP contribution is 2.40. The Morgan fingerprint density at radius 3 is 2.69 bits per heavy atom. The number of nitrogens with zero attached hydrogens (tertiary/aromatic N) is 5. The monoisotopic (exact) mass is 612 g/mol. The van der Waals surface area contributed by atoms with E-state index in [4.69, 9.17) is 27.5 Å². The van der Waals surface area contributed by atoms with Crippen LogP contribution < -0.4 is 5.32 Å². The number of ether oxygens (including phenoxy) is 2. The molecule has 1 aliphatic heterocycles. The summed E-state index contributed by atoms with van der Waals surface area (Å²) in [7, 11) is 0. The molecule has 1 fully saturated rings. The minimum atomic E-state index is -2.26. The fraction of sp³-hybridized carbons (Fsp3) is 0.393. The Balaban J connectivity index is 1.48. The first-order valence-electron chi connectivity index (χ1n) is 13.0. The molecule has 4 N–H and O–H groups in total. The number of carboxylic acids is 1. The molecule has 4 aromatic rings. The standard InChI is InChI=1S/C28H29ClN6O6S/c1-5-27(39)19(11-40-28(25(37)38,18-12-42-14-31-18)10-17-8-6-16(4)7-9-17)41-24(21(27)36)35-13-30-20-22(32-15(2)3)33-26(29)34-23(20)35/h1,6-9,12-15,19,21,24,36,39H,10-11H2,2-4H3,(H,37,38)(H,32,33,34)/t19-,21+,24-,27-,28?/m1/s1. The third kappa shape index (κ3) is 5.33. The fourth-order valence-electron chi connectivity index (χ4n) is 4.85. The highest BCUT2D eigenvalue weighted by Gasteiger charge is 2.57. The number of thiazole rings is 1. The third-order valence-electron chi connectivity index (χ3n) is 7.09. The van der Waals surface area contributed by atoms with Crippen LogP contribution in [0.1, 0.15) is 36.9 Å². The van der Waals surface area contributed by atoms with Crippen molar-refractivity contribution in [2.75, 3.05) is 11.9 Å². The molecule has 14 heteroatoms. The van der Waals surface area contributed by atoms with Gasteiger partial charge >= 0.3 is 5.97 Å². The molecule has 0 aliphatic carbocycles. The zero-order chi connectivity index (χ0) is 30.2. The van der Waals surface area contributed by atoms with Gasteiger partial charge in [-0.1, -0.05) is 35.7 Å². The summed E-state index contributed by atoms with van der Waals surface area (Å²) in [4.78, 5) is 29.9. The van der Waals surface area contributed by atoms with Crippen molar-refractivity contribution >= 4 is 45.9 Å². The Labute approximate surface area is 250 Å². The molecule has 1 aliphatic rings. The summed E-state index contributed by atoms with van der Waals surface area (Å²) >= 11 is 7.40. The highest BCUT2D eigenvalue weighted by molar-refractivity contribution is 7.07. The number of aliphatic hydroxyl groups is 2. The number of carbonyl (C=O) groups is 1. The molecule has 0 saturated carbocycles. The number of fused-ring (bicyclic) bond motifs is 1. The van der Waals surface area contributed by atoms with Crippen molar-refractivity contribution in [2.45, 2.75) is 62.9 Å². The van der Waals surface area contributed by atoms with Crippen LogP contribution in [0.25, 0.3) is 11.2 Å². The maximum absolute atomic E-state index is 12.8. The summed E-state index contributed by atoms with van der Waals surface area (Å²) in [6.07, 6.45) is 2.73. The van der Waals surface area contributed by atoms with Gasteiger partial charge in [0.25, 0.3) is 0 Å². The van der Waals surface area contributed by atoms with Gasteiger partial charge in [0.05, 0.1) is 24.1 Å². The number of anilines is 1. The van der Waals surface area contributed by atoms with Gasteiger partial charge in [-0.15, -0.1) is 17.8 Å². The van der Waals surface area contributed by atoms with E-state index in [1.165, 1.54) is 27.7 Å².